The van der Waals surface area contributed by atoms with Crippen LogP contribution in [0.1, 0.15) is 42.3 Å². The van der Waals surface area contributed by atoms with Gasteiger partial charge in [-0.05, 0) is 53.4 Å². The second-order valence-electron chi connectivity index (χ2n) is 7.77. The van der Waals surface area contributed by atoms with Gasteiger partial charge in [-0.15, -0.1) is 0 Å². The van der Waals surface area contributed by atoms with Crippen molar-refractivity contribution in [3.63, 3.8) is 0 Å². The molecule has 8 heteroatoms. The van der Waals surface area contributed by atoms with Crippen molar-refractivity contribution in [2.45, 2.75) is 31.1 Å². The molecule has 2 aromatic carbocycles. The number of halogens is 2. The summed E-state index contributed by atoms with van der Waals surface area (Å²) < 4.78 is 28.3. The maximum absolute atomic E-state index is 12.9. The van der Waals surface area contributed by atoms with Crippen molar-refractivity contribution in [1.29, 1.82) is 0 Å². The highest BCUT2D eigenvalue weighted by atomic mass is 35.5. The van der Waals surface area contributed by atoms with E-state index in [1.165, 1.54) is 36.5 Å². The molecule has 0 aliphatic rings. The van der Waals surface area contributed by atoms with Crippen LogP contribution < -0.4 is 4.72 Å². The van der Waals surface area contributed by atoms with Crippen LogP contribution in [0.3, 0.4) is 0 Å². The Kier molecular flexibility index (Phi) is 6.22. The molecule has 0 saturated carbocycles. The van der Waals surface area contributed by atoms with E-state index in [-0.39, 0.29) is 32.3 Å². The summed E-state index contributed by atoms with van der Waals surface area (Å²) in [4.78, 5) is 16.9. The van der Waals surface area contributed by atoms with Crippen LogP contribution in [0, 0.1) is 0 Å². The van der Waals surface area contributed by atoms with Crippen molar-refractivity contribution in [2.24, 2.45) is 0 Å². The average molecular weight is 463 g/mol. The molecular weight excluding hydrogens is 443 g/mol. The lowest BCUT2D eigenvalue weighted by molar-refractivity contribution is 0.103. The number of anilines is 1. The summed E-state index contributed by atoms with van der Waals surface area (Å²) >= 11 is 11.8. The minimum absolute atomic E-state index is 0.0945. The number of carbonyl (C=O) groups is 1. The number of carbonyl (C=O) groups excluding carboxylic acids is 1. The SMILES string of the molecule is CC(C)(C)c1ccc(S(=O)(=O)Nc2ccc(Cl)cc2C(=O)c2ccc(Cl)nc2)cc1. The largest absolute Gasteiger partial charge is 0.288 e. The molecular formula is C22H20Cl2N2O3S. The van der Waals surface area contributed by atoms with Gasteiger partial charge < -0.3 is 0 Å². The van der Waals surface area contributed by atoms with Crippen LogP contribution in [0.4, 0.5) is 5.69 Å². The molecule has 1 aromatic heterocycles. The highest BCUT2D eigenvalue weighted by Gasteiger charge is 2.21. The van der Waals surface area contributed by atoms with Crippen LogP contribution in [0.15, 0.2) is 65.7 Å². The van der Waals surface area contributed by atoms with Crippen molar-refractivity contribution in [1.82, 2.24) is 4.98 Å². The maximum Gasteiger partial charge on any atom is 0.261 e. The molecule has 3 rings (SSSR count). The Bertz CT molecular complexity index is 1180. The van der Waals surface area contributed by atoms with E-state index in [4.69, 9.17) is 23.2 Å². The number of hydrogen-bond donors (Lipinski definition) is 1. The van der Waals surface area contributed by atoms with Gasteiger partial charge in [-0.25, -0.2) is 13.4 Å². The summed E-state index contributed by atoms with van der Waals surface area (Å²) in [6.45, 7) is 6.14. The summed E-state index contributed by atoms with van der Waals surface area (Å²) in [5.41, 5.74) is 1.41. The number of sulfonamides is 1. The van der Waals surface area contributed by atoms with E-state index < -0.39 is 15.8 Å². The summed E-state index contributed by atoms with van der Waals surface area (Å²) in [7, 11) is -3.92. The van der Waals surface area contributed by atoms with Crippen molar-refractivity contribution in [3.8, 4) is 0 Å². The lowest BCUT2D eigenvalue weighted by atomic mass is 9.87. The van der Waals surface area contributed by atoms with Gasteiger partial charge >= 0.3 is 0 Å². The Morgan fingerprint density at radius 2 is 1.63 bits per heavy atom. The summed E-state index contributed by atoms with van der Waals surface area (Å²) in [6, 6.07) is 14.0. The zero-order chi connectivity index (χ0) is 22.1. The van der Waals surface area contributed by atoms with Gasteiger partial charge in [-0.2, -0.15) is 0 Å². The van der Waals surface area contributed by atoms with Crippen LogP contribution in [-0.2, 0) is 15.4 Å². The average Bonchev–Trinajstić information content (AvgIpc) is 2.69. The molecule has 0 spiro atoms. The molecule has 30 heavy (non-hydrogen) atoms. The minimum atomic E-state index is -3.92. The number of rotatable bonds is 5. The second kappa shape index (κ2) is 8.38. The first-order valence-corrected chi connectivity index (χ1v) is 11.3. The molecule has 0 radical (unpaired) electrons. The van der Waals surface area contributed by atoms with E-state index >= 15 is 0 Å². The molecule has 0 unspecified atom stereocenters. The highest BCUT2D eigenvalue weighted by Crippen LogP contribution is 2.28. The number of hydrogen-bond acceptors (Lipinski definition) is 4. The quantitative estimate of drug-likeness (QED) is 0.388. The number of benzene rings is 2. The summed E-state index contributed by atoms with van der Waals surface area (Å²) in [5, 5.41) is 0.551. The van der Waals surface area contributed by atoms with Crippen LogP contribution >= 0.6 is 23.2 Å². The molecule has 5 nitrogen and oxygen atoms in total. The molecule has 0 saturated heterocycles. The molecule has 0 atom stereocenters. The summed E-state index contributed by atoms with van der Waals surface area (Å²) in [5.74, 6) is -0.428. The summed E-state index contributed by atoms with van der Waals surface area (Å²) in [6.07, 6.45) is 1.33. The van der Waals surface area contributed by atoms with Crippen molar-refractivity contribution in [2.75, 3.05) is 4.72 Å². The fourth-order valence-corrected chi connectivity index (χ4v) is 4.16. The molecule has 0 bridgehead atoms. The smallest absolute Gasteiger partial charge is 0.261 e. The first kappa shape index (κ1) is 22.3. The third-order valence-electron chi connectivity index (χ3n) is 4.49. The van der Waals surface area contributed by atoms with E-state index in [0.29, 0.717) is 5.02 Å². The standard InChI is InChI=1S/C22H20Cl2N2O3S/c1-22(2,3)15-5-8-17(9-6-15)30(28,29)26-19-10-7-16(23)12-18(19)21(27)14-4-11-20(24)25-13-14/h4-13,26H,1-3H3. The molecule has 0 aliphatic carbocycles. The van der Waals surface area contributed by atoms with Gasteiger partial charge in [-0.3, -0.25) is 9.52 Å². The molecule has 156 valence electrons. The Morgan fingerprint density at radius 1 is 0.967 bits per heavy atom. The van der Waals surface area contributed by atoms with E-state index in [2.05, 4.69) is 9.71 Å². The fraction of sp³-hybridized carbons (Fsp3) is 0.182. The third kappa shape index (κ3) is 5.01. The van der Waals surface area contributed by atoms with Gasteiger partial charge in [0, 0.05) is 22.3 Å². The zero-order valence-electron chi connectivity index (χ0n) is 16.6. The van der Waals surface area contributed by atoms with Gasteiger partial charge in [0.2, 0.25) is 0 Å². The van der Waals surface area contributed by atoms with Crippen molar-refractivity contribution < 1.29 is 13.2 Å². The molecule has 1 N–H and O–H groups in total. The lowest BCUT2D eigenvalue weighted by Gasteiger charge is -2.19. The molecule has 3 aromatic rings. The predicted molar refractivity (Wildman–Crippen MR) is 120 cm³/mol. The van der Waals surface area contributed by atoms with Crippen molar-refractivity contribution >= 4 is 44.7 Å². The first-order chi connectivity index (χ1) is 14.0. The van der Waals surface area contributed by atoms with Crippen LogP contribution in [0.25, 0.3) is 0 Å². The zero-order valence-corrected chi connectivity index (χ0v) is 18.9. The molecule has 0 amide bonds. The monoisotopic (exact) mass is 462 g/mol. The molecule has 0 aliphatic heterocycles. The maximum atomic E-state index is 12.9. The van der Waals surface area contributed by atoms with E-state index in [9.17, 15) is 13.2 Å². The van der Waals surface area contributed by atoms with Gasteiger partial charge in [0.15, 0.2) is 5.78 Å². The van der Waals surface area contributed by atoms with Crippen molar-refractivity contribution in [3.05, 3.63) is 87.7 Å². The van der Waals surface area contributed by atoms with Gasteiger partial charge in [0.05, 0.1) is 10.6 Å². The minimum Gasteiger partial charge on any atom is -0.288 e. The predicted octanol–water partition coefficient (Wildman–Crippen LogP) is 5.72. The number of pyridine rings is 1. The van der Waals surface area contributed by atoms with E-state index in [1.807, 2.05) is 20.8 Å². The van der Waals surface area contributed by atoms with E-state index in [0.717, 1.165) is 5.56 Å². The van der Waals surface area contributed by atoms with Gasteiger partial charge in [0.25, 0.3) is 10.0 Å². The van der Waals surface area contributed by atoms with Crippen LogP contribution in [0.5, 0.6) is 0 Å². The normalized spacial score (nSPS) is 11.9. The number of aromatic nitrogens is 1. The Balaban J connectivity index is 1.96. The number of nitrogens with one attached hydrogen (secondary N) is 1. The topological polar surface area (TPSA) is 76.1 Å². The highest BCUT2D eigenvalue weighted by molar-refractivity contribution is 7.92. The van der Waals surface area contributed by atoms with E-state index in [1.54, 1.807) is 24.3 Å². The second-order valence-corrected chi connectivity index (χ2v) is 10.3. The third-order valence-corrected chi connectivity index (χ3v) is 6.33. The fourth-order valence-electron chi connectivity index (χ4n) is 2.80. The molecule has 0 fully saturated rings. The van der Waals surface area contributed by atoms with Crippen LogP contribution in [-0.4, -0.2) is 19.2 Å². The first-order valence-electron chi connectivity index (χ1n) is 9.06. The van der Waals surface area contributed by atoms with Gasteiger partial charge in [-0.1, -0.05) is 56.1 Å². The Hall–Kier alpha value is -2.41. The molecule has 1 heterocycles. The van der Waals surface area contributed by atoms with Gasteiger partial charge in [0.1, 0.15) is 5.15 Å². The number of nitrogens with zero attached hydrogens (tertiary/aromatic N) is 1. The van der Waals surface area contributed by atoms with Crippen LogP contribution in [0.2, 0.25) is 10.2 Å². The Labute approximate surface area is 186 Å². The Morgan fingerprint density at radius 3 is 2.20 bits per heavy atom. The number of ketones is 1. The lowest BCUT2D eigenvalue weighted by Crippen LogP contribution is -2.17.